The predicted octanol–water partition coefficient (Wildman–Crippen LogP) is 2.64. The minimum atomic E-state index is -0.510. The van der Waals surface area contributed by atoms with E-state index in [0.29, 0.717) is 5.69 Å². The summed E-state index contributed by atoms with van der Waals surface area (Å²) < 4.78 is 13.4. The summed E-state index contributed by atoms with van der Waals surface area (Å²) in [6.07, 6.45) is 0. The van der Waals surface area contributed by atoms with Crippen molar-refractivity contribution in [1.82, 2.24) is 0 Å². The van der Waals surface area contributed by atoms with E-state index < -0.39 is 5.82 Å². The number of nitrogens with one attached hydrogen (secondary N) is 1. The molecule has 0 aliphatic rings. The average Bonchev–Trinajstić information content (AvgIpc) is 2.20. The first-order valence-electron chi connectivity index (χ1n) is 5.27. The van der Waals surface area contributed by atoms with Gasteiger partial charge in [0.15, 0.2) is 0 Å². The normalized spacial score (nSPS) is 12.6. The van der Waals surface area contributed by atoms with E-state index >= 15 is 0 Å². The number of hydrogen-bond acceptors (Lipinski definition) is 2. The smallest absolute Gasteiger partial charge is 0.227 e. The zero-order chi connectivity index (χ0) is 12.3. The van der Waals surface area contributed by atoms with Crippen molar-refractivity contribution in [3.05, 3.63) is 24.0 Å². The Morgan fingerprint density at radius 3 is 2.50 bits per heavy atom. The lowest BCUT2D eigenvalue weighted by Gasteiger charge is -2.15. The van der Waals surface area contributed by atoms with Crippen LogP contribution in [0.1, 0.15) is 20.8 Å². The topological polar surface area (TPSA) is 55.1 Å². The number of benzene rings is 1. The van der Waals surface area contributed by atoms with Crippen molar-refractivity contribution in [3.8, 4) is 0 Å². The van der Waals surface area contributed by atoms with Gasteiger partial charge in [-0.25, -0.2) is 4.39 Å². The molecule has 1 amide bonds. The second-order valence-electron chi connectivity index (χ2n) is 4.26. The molecule has 3 N–H and O–H groups in total. The van der Waals surface area contributed by atoms with Crippen LogP contribution in [-0.2, 0) is 4.79 Å². The molecule has 88 valence electrons. The van der Waals surface area contributed by atoms with Gasteiger partial charge >= 0.3 is 0 Å². The van der Waals surface area contributed by atoms with Crippen molar-refractivity contribution in [2.75, 3.05) is 11.1 Å². The Labute approximate surface area is 94.8 Å². The number of amides is 1. The molecule has 0 bridgehead atoms. The fourth-order valence-corrected chi connectivity index (χ4v) is 1.18. The van der Waals surface area contributed by atoms with Crippen LogP contribution in [0.25, 0.3) is 0 Å². The molecular weight excluding hydrogens is 207 g/mol. The monoisotopic (exact) mass is 224 g/mol. The predicted molar refractivity (Wildman–Crippen MR) is 63.4 cm³/mol. The lowest BCUT2D eigenvalue weighted by Crippen LogP contribution is -2.24. The van der Waals surface area contributed by atoms with Gasteiger partial charge in [0.1, 0.15) is 5.82 Å². The molecular formula is C12H17FN2O. The molecule has 1 aromatic rings. The summed E-state index contributed by atoms with van der Waals surface area (Å²) in [4.78, 5) is 11.7. The summed E-state index contributed by atoms with van der Waals surface area (Å²) >= 11 is 0. The highest BCUT2D eigenvalue weighted by Crippen LogP contribution is 2.19. The second kappa shape index (κ2) is 4.96. The summed E-state index contributed by atoms with van der Waals surface area (Å²) in [5.41, 5.74) is 5.93. The number of halogens is 1. The van der Waals surface area contributed by atoms with E-state index in [4.69, 9.17) is 5.73 Å². The molecule has 16 heavy (non-hydrogen) atoms. The Kier molecular flexibility index (Phi) is 3.88. The van der Waals surface area contributed by atoms with Gasteiger partial charge in [-0.3, -0.25) is 4.79 Å². The van der Waals surface area contributed by atoms with Crippen molar-refractivity contribution >= 4 is 17.3 Å². The third-order valence-corrected chi connectivity index (χ3v) is 2.66. The van der Waals surface area contributed by atoms with Gasteiger partial charge in [0.05, 0.1) is 5.69 Å². The van der Waals surface area contributed by atoms with Crippen LogP contribution in [0.5, 0.6) is 0 Å². The summed E-state index contributed by atoms with van der Waals surface area (Å²) in [5.74, 6) is -0.628. The quantitative estimate of drug-likeness (QED) is 0.775. The zero-order valence-corrected chi connectivity index (χ0v) is 9.75. The molecule has 0 heterocycles. The van der Waals surface area contributed by atoms with Crippen LogP contribution < -0.4 is 11.1 Å². The molecule has 0 aliphatic heterocycles. The summed E-state index contributed by atoms with van der Waals surface area (Å²) in [7, 11) is 0. The lowest BCUT2D eigenvalue weighted by molar-refractivity contribution is -0.120. The van der Waals surface area contributed by atoms with Crippen molar-refractivity contribution in [2.45, 2.75) is 20.8 Å². The van der Waals surface area contributed by atoms with Crippen molar-refractivity contribution in [2.24, 2.45) is 11.8 Å². The molecule has 1 rings (SSSR count). The fraction of sp³-hybridized carbons (Fsp3) is 0.417. The zero-order valence-electron chi connectivity index (χ0n) is 9.75. The van der Waals surface area contributed by atoms with Crippen molar-refractivity contribution < 1.29 is 9.18 Å². The number of anilines is 2. The van der Waals surface area contributed by atoms with Crippen LogP contribution >= 0.6 is 0 Å². The summed E-state index contributed by atoms with van der Waals surface area (Å²) in [6, 6.07) is 4.21. The molecule has 0 radical (unpaired) electrons. The number of rotatable bonds is 3. The van der Waals surface area contributed by atoms with Crippen molar-refractivity contribution in [1.29, 1.82) is 0 Å². The highest BCUT2D eigenvalue weighted by atomic mass is 19.1. The van der Waals surface area contributed by atoms with Crippen LogP contribution in [0.2, 0.25) is 0 Å². The Hall–Kier alpha value is -1.58. The minimum Gasteiger partial charge on any atom is -0.399 e. The maximum absolute atomic E-state index is 13.4. The Morgan fingerprint density at radius 2 is 2.00 bits per heavy atom. The SMILES string of the molecule is CC(C)C(C)C(=O)Nc1ccc(N)cc1F. The molecule has 0 fully saturated rings. The lowest BCUT2D eigenvalue weighted by atomic mass is 9.97. The first kappa shape index (κ1) is 12.5. The van der Waals surface area contributed by atoms with Crippen LogP contribution in [-0.4, -0.2) is 5.91 Å². The van der Waals surface area contributed by atoms with E-state index in [1.165, 1.54) is 12.1 Å². The highest BCUT2D eigenvalue weighted by Gasteiger charge is 2.17. The molecule has 0 aromatic heterocycles. The number of hydrogen-bond donors (Lipinski definition) is 2. The summed E-state index contributed by atoms with van der Waals surface area (Å²) in [6.45, 7) is 5.71. The van der Waals surface area contributed by atoms with E-state index in [2.05, 4.69) is 5.32 Å². The van der Waals surface area contributed by atoms with Gasteiger partial charge in [0.2, 0.25) is 5.91 Å². The van der Waals surface area contributed by atoms with E-state index in [9.17, 15) is 9.18 Å². The van der Waals surface area contributed by atoms with Crippen LogP contribution in [0.4, 0.5) is 15.8 Å². The molecule has 1 atom stereocenters. The molecule has 3 nitrogen and oxygen atoms in total. The molecule has 0 saturated carbocycles. The highest BCUT2D eigenvalue weighted by molar-refractivity contribution is 5.92. The van der Waals surface area contributed by atoms with E-state index in [0.717, 1.165) is 0 Å². The molecule has 1 aromatic carbocycles. The average molecular weight is 224 g/mol. The van der Waals surface area contributed by atoms with Gasteiger partial charge in [0.25, 0.3) is 0 Å². The van der Waals surface area contributed by atoms with Gasteiger partial charge in [0, 0.05) is 11.6 Å². The Bertz CT molecular complexity index is 391. The molecule has 1 unspecified atom stereocenters. The Balaban J connectivity index is 2.77. The molecule has 4 heteroatoms. The van der Waals surface area contributed by atoms with Gasteiger partial charge in [-0.1, -0.05) is 20.8 Å². The second-order valence-corrected chi connectivity index (χ2v) is 4.26. The van der Waals surface area contributed by atoms with E-state index in [1.807, 2.05) is 20.8 Å². The first-order valence-corrected chi connectivity index (χ1v) is 5.27. The van der Waals surface area contributed by atoms with Gasteiger partial charge in [-0.2, -0.15) is 0 Å². The van der Waals surface area contributed by atoms with Gasteiger partial charge < -0.3 is 11.1 Å². The van der Waals surface area contributed by atoms with Crippen LogP contribution in [0, 0.1) is 17.7 Å². The van der Waals surface area contributed by atoms with Crippen LogP contribution in [0.3, 0.4) is 0 Å². The largest absolute Gasteiger partial charge is 0.399 e. The van der Waals surface area contributed by atoms with Gasteiger partial charge in [-0.05, 0) is 24.1 Å². The van der Waals surface area contributed by atoms with Crippen LogP contribution in [0.15, 0.2) is 18.2 Å². The summed E-state index contributed by atoms with van der Waals surface area (Å²) in [5, 5.41) is 2.55. The maximum Gasteiger partial charge on any atom is 0.227 e. The maximum atomic E-state index is 13.4. The fourth-order valence-electron chi connectivity index (χ4n) is 1.18. The third kappa shape index (κ3) is 2.95. The Morgan fingerprint density at radius 1 is 1.38 bits per heavy atom. The number of nitrogens with two attached hydrogens (primary N) is 1. The standard InChI is InChI=1S/C12H17FN2O/c1-7(2)8(3)12(16)15-11-5-4-9(14)6-10(11)13/h4-8H,14H2,1-3H3,(H,15,16). The number of nitrogen functional groups attached to an aromatic ring is 1. The van der Waals surface area contributed by atoms with E-state index in [1.54, 1.807) is 6.07 Å². The molecule has 0 saturated heterocycles. The number of carbonyl (C=O) groups excluding carboxylic acids is 1. The first-order chi connectivity index (χ1) is 7.41. The molecule has 0 aliphatic carbocycles. The minimum absolute atomic E-state index is 0.156. The molecule has 0 spiro atoms. The van der Waals surface area contributed by atoms with Gasteiger partial charge in [-0.15, -0.1) is 0 Å². The third-order valence-electron chi connectivity index (χ3n) is 2.66. The van der Waals surface area contributed by atoms with Crippen molar-refractivity contribution in [3.63, 3.8) is 0 Å². The number of carbonyl (C=O) groups is 1. The van der Waals surface area contributed by atoms with E-state index in [-0.39, 0.29) is 23.4 Å².